The van der Waals surface area contributed by atoms with Crippen LogP contribution in [0.15, 0.2) is 24.4 Å². The molecule has 0 unspecified atom stereocenters. The molecule has 0 radical (unpaired) electrons. The number of halogens is 3. The summed E-state index contributed by atoms with van der Waals surface area (Å²) in [7, 11) is 0. The largest absolute Gasteiger partial charge is 0.415 e. The van der Waals surface area contributed by atoms with E-state index in [0.717, 1.165) is 4.68 Å². The minimum Gasteiger partial charge on any atom is -0.410 e. The second kappa shape index (κ2) is 6.07. The Hall–Kier alpha value is -2.29. The number of hydrogen-bond donors (Lipinski definition) is 1. The molecule has 1 aliphatic rings. The highest BCUT2D eigenvalue weighted by Crippen LogP contribution is 2.24. The molecule has 6 nitrogen and oxygen atoms in total. The van der Waals surface area contributed by atoms with Crippen LogP contribution in [0.3, 0.4) is 0 Å². The molecule has 1 amide bonds. The SMILES string of the molecule is O=C(Oc1ccc2cnn(CC(F)(F)F)c2c1)N1CCNCC1. The maximum Gasteiger partial charge on any atom is 0.415 e. The highest BCUT2D eigenvalue weighted by molar-refractivity contribution is 5.81. The van der Waals surface area contributed by atoms with Crippen LogP contribution >= 0.6 is 0 Å². The van der Waals surface area contributed by atoms with Crippen LogP contribution in [0, 0.1) is 0 Å². The van der Waals surface area contributed by atoms with Gasteiger partial charge >= 0.3 is 12.3 Å². The van der Waals surface area contributed by atoms with Crippen LogP contribution in [0.2, 0.25) is 0 Å². The molecular formula is C14H15F3N4O2. The third-order valence-corrected chi connectivity index (χ3v) is 3.53. The third-order valence-electron chi connectivity index (χ3n) is 3.53. The number of alkyl halides is 3. The van der Waals surface area contributed by atoms with Crippen LogP contribution in [0.5, 0.6) is 5.75 Å². The molecule has 2 heterocycles. The number of piperazine rings is 1. The van der Waals surface area contributed by atoms with Gasteiger partial charge in [0.05, 0.1) is 11.7 Å². The van der Waals surface area contributed by atoms with E-state index in [2.05, 4.69) is 10.4 Å². The zero-order chi connectivity index (χ0) is 16.4. The van der Waals surface area contributed by atoms with Crippen molar-refractivity contribution >= 4 is 17.0 Å². The summed E-state index contributed by atoms with van der Waals surface area (Å²) in [6, 6.07) is 4.52. The molecule has 23 heavy (non-hydrogen) atoms. The topological polar surface area (TPSA) is 59.4 Å². The summed E-state index contributed by atoms with van der Waals surface area (Å²) in [5.41, 5.74) is 0.271. The number of benzene rings is 1. The summed E-state index contributed by atoms with van der Waals surface area (Å²) in [5, 5.41) is 7.40. The van der Waals surface area contributed by atoms with Crippen molar-refractivity contribution in [3.63, 3.8) is 0 Å². The van der Waals surface area contributed by atoms with Gasteiger partial charge in [0.25, 0.3) is 0 Å². The summed E-state index contributed by atoms with van der Waals surface area (Å²) in [6.45, 7) is 1.25. The third kappa shape index (κ3) is 3.73. The van der Waals surface area contributed by atoms with Gasteiger partial charge in [-0.3, -0.25) is 4.68 Å². The number of aromatic nitrogens is 2. The first kappa shape index (κ1) is 15.6. The summed E-state index contributed by atoms with van der Waals surface area (Å²) >= 11 is 0. The van der Waals surface area contributed by atoms with Crippen molar-refractivity contribution in [1.29, 1.82) is 0 Å². The van der Waals surface area contributed by atoms with Gasteiger partial charge in [-0.05, 0) is 12.1 Å². The lowest BCUT2D eigenvalue weighted by molar-refractivity contribution is -0.141. The Morgan fingerprint density at radius 3 is 2.74 bits per heavy atom. The van der Waals surface area contributed by atoms with E-state index in [4.69, 9.17) is 4.74 Å². The van der Waals surface area contributed by atoms with Crippen molar-refractivity contribution in [3.05, 3.63) is 24.4 Å². The Balaban J connectivity index is 1.78. The van der Waals surface area contributed by atoms with Crippen molar-refractivity contribution < 1.29 is 22.7 Å². The molecule has 0 saturated carbocycles. The smallest absolute Gasteiger partial charge is 0.410 e. The highest BCUT2D eigenvalue weighted by Gasteiger charge is 2.29. The molecule has 1 aromatic heterocycles. The average molecular weight is 328 g/mol. The second-order valence-corrected chi connectivity index (χ2v) is 5.24. The van der Waals surface area contributed by atoms with Gasteiger partial charge in [-0.1, -0.05) is 0 Å². The number of nitrogens with one attached hydrogen (secondary N) is 1. The molecule has 1 aliphatic heterocycles. The van der Waals surface area contributed by atoms with Crippen LogP contribution in [0.4, 0.5) is 18.0 Å². The molecule has 1 aromatic carbocycles. The lowest BCUT2D eigenvalue weighted by atomic mass is 10.2. The van der Waals surface area contributed by atoms with Crippen molar-refractivity contribution in [1.82, 2.24) is 20.0 Å². The first-order chi connectivity index (χ1) is 10.9. The fourth-order valence-corrected chi connectivity index (χ4v) is 2.42. The molecule has 0 atom stereocenters. The number of amides is 1. The number of carbonyl (C=O) groups excluding carboxylic acids is 1. The lowest BCUT2D eigenvalue weighted by Gasteiger charge is -2.26. The molecular weight excluding hydrogens is 313 g/mol. The standard InChI is InChI=1S/C14H15F3N4O2/c15-14(16,17)9-21-12-7-11(2-1-10(12)8-19-21)23-13(22)20-5-3-18-4-6-20/h1-2,7-8,18H,3-6,9H2. The quantitative estimate of drug-likeness (QED) is 0.916. The molecule has 0 spiro atoms. The minimum absolute atomic E-state index is 0.199. The van der Waals surface area contributed by atoms with E-state index in [-0.39, 0.29) is 11.3 Å². The van der Waals surface area contributed by atoms with E-state index in [1.165, 1.54) is 12.3 Å². The van der Waals surface area contributed by atoms with Gasteiger partial charge in [-0.15, -0.1) is 0 Å². The molecule has 124 valence electrons. The van der Waals surface area contributed by atoms with Gasteiger partial charge < -0.3 is 15.0 Å². The predicted molar refractivity (Wildman–Crippen MR) is 76.3 cm³/mol. The van der Waals surface area contributed by atoms with Crippen LogP contribution in [0.25, 0.3) is 10.9 Å². The van der Waals surface area contributed by atoms with Gasteiger partial charge in [0.2, 0.25) is 0 Å². The molecule has 1 fully saturated rings. The zero-order valence-corrected chi connectivity index (χ0v) is 12.1. The van der Waals surface area contributed by atoms with E-state index < -0.39 is 18.8 Å². The van der Waals surface area contributed by atoms with E-state index in [1.54, 1.807) is 17.0 Å². The number of fused-ring (bicyclic) bond motifs is 1. The van der Waals surface area contributed by atoms with Crippen molar-refractivity contribution in [2.45, 2.75) is 12.7 Å². The number of hydrogen-bond acceptors (Lipinski definition) is 4. The van der Waals surface area contributed by atoms with Crippen LogP contribution < -0.4 is 10.1 Å². The molecule has 1 saturated heterocycles. The van der Waals surface area contributed by atoms with Crippen LogP contribution in [-0.2, 0) is 6.54 Å². The Morgan fingerprint density at radius 1 is 1.30 bits per heavy atom. The summed E-state index contributed by atoms with van der Waals surface area (Å²) in [5.74, 6) is 0.199. The van der Waals surface area contributed by atoms with E-state index in [1.807, 2.05) is 0 Å². The Labute approximate surface area is 129 Å². The number of nitrogens with zero attached hydrogens (tertiary/aromatic N) is 3. The van der Waals surface area contributed by atoms with E-state index in [9.17, 15) is 18.0 Å². The van der Waals surface area contributed by atoms with Gasteiger partial charge in [0.1, 0.15) is 12.3 Å². The molecule has 0 aliphatic carbocycles. The number of carbonyl (C=O) groups is 1. The average Bonchev–Trinajstić information content (AvgIpc) is 2.89. The van der Waals surface area contributed by atoms with Crippen LogP contribution in [0.1, 0.15) is 0 Å². The second-order valence-electron chi connectivity index (χ2n) is 5.24. The van der Waals surface area contributed by atoms with E-state index >= 15 is 0 Å². The predicted octanol–water partition coefficient (Wildman–Crippen LogP) is 2.00. The fraction of sp³-hybridized carbons (Fsp3) is 0.429. The maximum absolute atomic E-state index is 12.5. The van der Waals surface area contributed by atoms with Gasteiger partial charge in [0.15, 0.2) is 0 Å². The lowest BCUT2D eigenvalue weighted by Crippen LogP contribution is -2.47. The molecule has 0 bridgehead atoms. The Morgan fingerprint density at radius 2 is 2.04 bits per heavy atom. The Bertz CT molecular complexity index is 708. The normalized spacial score (nSPS) is 15.9. The monoisotopic (exact) mass is 328 g/mol. The molecule has 3 rings (SSSR count). The summed E-state index contributed by atoms with van der Waals surface area (Å²) < 4.78 is 43.7. The highest BCUT2D eigenvalue weighted by atomic mass is 19.4. The fourth-order valence-electron chi connectivity index (χ4n) is 2.42. The molecule has 2 aromatic rings. The van der Waals surface area contributed by atoms with Gasteiger partial charge in [-0.25, -0.2) is 4.79 Å². The van der Waals surface area contributed by atoms with Gasteiger partial charge in [-0.2, -0.15) is 18.3 Å². The van der Waals surface area contributed by atoms with Crippen LogP contribution in [-0.4, -0.2) is 53.1 Å². The summed E-state index contributed by atoms with van der Waals surface area (Å²) in [4.78, 5) is 13.6. The molecule has 1 N–H and O–H groups in total. The number of rotatable bonds is 2. The van der Waals surface area contributed by atoms with Gasteiger partial charge in [0, 0.05) is 37.6 Å². The Kier molecular flexibility index (Phi) is 4.12. The van der Waals surface area contributed by atoms with Crippen molar-refractivity contribution in [3.8, 4) is 5.75 Å². The maximum atomic E-state index is 12.5. The summed E-state index contributed by atoms with van der Waals surface area (Å²) in [6.07, 6.45) is -3.53. The first-order valence-corrected chi connectivity index (χ1v) is 7.12. The number of ether oxygens (including phenoxy) is 1. The van der Waals surface area contributed by atoms with E-state index in [0.29, 0.717) is 31.6 Å². The molecule has 9 heteroatoms. The first-order valence-electron chi connectivity index (χ1n) is 7.12. The minimum atomic E-state index is -4.37. The van der Waals surface area contributed by atoms with Crippen molar-refractivity contribution in [2.75, 3.05) is 26.2 Å². The van der Waals surface area contributed by atoms with Crippen molar-refractivity contribution in [2.24, 2.45) is 0 Å². The zero-order valence-electron chi connectivity index (χ0n) is 12.1.